The number of aliphatic carboxylic acids is 1. The Balaban J connectivity index is 1.44. The smallest absolute Gasteiger partial charge is 0.401 e. The van der Waals surface area contributed by atoms with Gasteiger partial charge in [0.1, 0.15) is 23.8 Å². The Hall–Kier alpha value is -3.26. The number of allylic oxidation sites excluding steroid dienone is 3. The summed E-state index contributed by atoms with van der Waals surface area (Å²) >= 11 is 3.31. The van der Waals surface area contributed by atoms with Crippen LogP contribution in [0.15, 0.2) is 95.8 Å². The quantitative estimate of drug-likeness (QED) is 0.328. The molecule has 2 aromatic carbocycles. The number of carboxylic acids is 1. The van der Waals surface area contributed by atoms with E-state index in [1.165, 1.54) is 12.2 Å². The molecule has 1 aliphatic rings. The summed E-state index contributed by atoms with van der Waals surface area (Å²) in [6.07, 6.45) is 3.17. The lowest BCUT2D eigenvalue weighted by Crippen LogP contribution is -2.42. The van der Waals surface area contributed by atoms with E-state index < -0.39 is 30.2 Å². The highest BCUT2D eigenvalue weighted by Crippen LogP contribution is 2.46. The molecule has 0 saturated heterocycles. The number of rotatable bonds is 8. The summed E-state index contributed by atoms with van der Waals surface area (Å²) in [6, 6.07) is 16.7. The fourth-order valence-corrected chi connectivity index (χ4v) is 4.33. The first-order chi connectivity index (χ1) is 16.7. The molecule has 1 N–H and O–H groups in total. The van der Waals surface area contributed by atoms with Crippen molar-refractivity contribution in [1.82, 2.24) is 4.57 Å². The van der Waals surface area contributed by atoms with Gasteiger partial charge in [0.2, 0.25) is 0 Å². The van der Waals surface area contributed by atoms with Crippen LogP contribution in [0, 0.1) is 5.41 Å². The molecule has 35 heavy (non-hydrogen) atoms. The molecule has 1 heterocycles. The number of ether oxygens (including phenoxy) is 1. The standard InChI is InChI=1S/C27H23BrF3NO3/c28-22-12-15-32(17-22)24(25(33)34)16-19-6-8-23(9-7-19)35-18-26(27(29,30)31)13-10-21(11-14-26)20-4-2-1-3-5-20/h1-13,15,17,24H,14,16,18H2,(H,33,34). The van der Waals surface area contributed by atoms with Gasteiger partial charge in [-0.05, 0) is 57.2 Å². The van der Waals surface area contributed by atoms with Gasteiger partial charge in [-0.2, -0.15) is 13.2 Å². The Bertz CT molecular complexity index is 1230. The zero-order chi connectivity index (χ0) is 25.1. The normalized spacial score (nSPS) is 18.7. The lowest BCUT2D eigenvalue weighted by molar-refractivity contribution is -0.213. The van der Waals surface area contributed by atoms with Crippen molar-refractivity contribution in [2.45, 2.75) is 25.1 Å². The van der Waals surface area contributed by atoms with Gasteiger partial charge in [-0.25, -0.2) is 4.79 Å². The molecule has 0 bridgehead atoms. The molecule has 0 amide bonds. The molecule has 1 aromatic heterocycles. The molecule has 2 atom stereocenters. The first-order valence-corrected chi connectivity index (χ1v) is 11.8. The summed E-state index contributed by atoms with van der Waals surface area (Å²) in [6.45, 7) is -0.555. The van der Waals surface area contributed by atoms with Crippen molar-refractivity contribution < 1.29 is 27.8 Å². The molecule has 0 fully saturated rings. The van der Waals surface area contributed by atoms with E-state index in [9.17, 15) is 23.1 Å². The van der Waals surface area contributed by atoms with E-state index in [-0.39, 0.29) is 12.8 Å². The molecule has 3 aromatic rings. The second-order valence-corrected chi connectivity index (χ2v) is 9.40. The number of carbonyl (C=O) groups is 1. The maximum atomic E-state index is 14.1. The Labute approximate surface area is 209 Å². The molecular formula is C27H23BrF3NO3. The SMILES string of the molecule is O=C(O)C(Cc1ccc(OCC2(C(F)(F)F)C=CC(c3ccccc3)=CC2)cc1)n1ccc(Br)c1. The van der Waals surface area contributed by atoms with Crippen LogP contribution in [-0.2, 0) is 11.2 Å². The average molecular weight is 546 g/mol. The summed E-state index contributed by atoms with van der Waals surface area (Å²) in [5, 5.41) is 9.60. The van der Waals surface area contributed by atoms with Crippen LogP contribution in [0.25, 0.3) is 5.57 Å². The van der Waals surface area contributed by atoms with Crippen molar-refractivity contribution in [1.29, 1.82) is 0 Å². The molecule has 8 heteroatoms. The lowest BCUT2D eigenvalue weighted by atomic mass is 9.79. The topological polar surface area (TPSA) is 51.5 Å². The van der Waals surface area contributed by atoms with Crippen LogP contribution in [0.2, 0.25) is 0 Å². The Morgan fingerprint density at radius 3 is 2.37 bits per heavy atom. The summed E-state index contributed by atoms with van der Waals surface area (Å²) in [5.74, 6) is -0.688. The van der Waals surface area contributed by atoms with Crippen molar-refractivity contribution in [3.05, 3.63) is 107 Å². The van der Waals surface area contributed by atoms with Crippen LogP contribution >= 0.6 is 15.9 Å². The third-order valence-electron chi connectivity index (χ3n) is 6.11. The van der Waals surface area contributed by atoms with E-state index in [1.807, 2.05) is 30.3 Å². The van der Waals surface area contributed by atoms with Gasteiger partial charge in [-0.15, -0.1) is 0 Å². The predicted molar refractivity (Wildman–Crippen MR) is 131 cm³/mol. The highest BCUT2D eigenvalue weighted by molar-refractivity contribution is 9.10. The van der Waals surface area contributed by atoms with Crippen molar-refractivity contribution in [2.24, 2.45) is 5.41 Å². The van der Waals surface area contributed by atoms with Gasteiger partial charge < -0.3 is 14.4 Å². The Morgan fingerprint density at radius 2 is 1.83 bits per heavy atom. The van der Waals surface area contributed by atoms with Crippen LogP contribution in [0.4, 0.5) is 13.2 Å². The van der Waals surface area contributed by atoms with E-state index in [2.05, 4.69) is 15.9 Å². The molecule has 4 rings (SSSR count). The van der Waals surface area contributed by atoms with Crippen LogP contribution in [-0.4, -0.2) is 28.4 Å². The molecule has 0 saturated carbocycles. The number of halogens is 4. The number of aromatic nitrogens is 1. The molecule has 0 radical (unpaired) electrons. The van der Waals surface area contributed by atoms with E-state index >= 15 is 0 Å². The van der Waals surface area contributed by atoms with E-state index in [0.29, 0.717) is 5.75 Å². The van der Waals surface area contributed by atoms with Gasteiger partial charge in [-0.3, -0.25) is 0 Å². The monoisotopic (exact) mass is 545 g/mol. The third-order valence-corrected chi connectivity index (χ3v) is 6.58. The van der Waals surface area contributed by atoms with Crippen LogP contribution in [0.1, 0.15) is 23.6 Å². The zero-order valence-electron chi connectivity index (χ0n) is 18.6. The molecule has 4 nitrogen and oxygen atoms in total. The van der Waals surface area contributed by atoms with E-state index in [0.717, 1.165) is 21.2 Å². The minimum absolute atomic E-state index is 0.220. The van der Waals surface area contributed by atoms with Gasteiger partial charge in [0.25, 0.3) is 0 Å². The first-order valence-electron chi connectivity index (χ1n) is 11.0. The van der Waals surface area contributed by atoms with Crippen molar-refractivity contribution >= 4 is 27.5 Å². The summed E-state index contributed by atoms with van der Waals surface area (Å²) in [5.41, 5.74) is 0.216. The third kappa shape index (κ3) is 5.70. The van der Waals surface area contributed by atoms with Gasteiger partial charge in [0.15, 0.2) is 0 Å². The maximum absolute atomic E-state index is 14.1. The van der Waals surface area contributed by atoms with Crippen LogP contribution in [0.5, 0.6) is 5.75 Å². The Morgan fingerprint density at radius 1 is 1.11 bits per heavy atom. The largest absolute Gasteiger partial charge is 0.492 e. The highest BCUT2D eigenvalue weighted by atomic mass is 79.9. The van der Waals surface area contributed by atoms with Crippen molar-refractivity contribution in [2.75, 3.05) is 6.61 Å². The fraction of sp³-hybridized carbons (Fsp3) is 0.222. The molecule has 2 unspecified atom stereocenters. The van der Waals surface area contributed by atoms with Gasteiger partial charge in [-0.1, -0.05) is 60.7 Å². The fourth-order valence-electron chi connectivity index (χ4n) is 3.98. The van der Waals surface area contributed by atoms with Gasteiger partial charge >= 0.3 is 12.1 Å². The van der Waals surface area contributed by atoms with Gasteiger partial charge in [0, 0.05) is 23.3 Å². The van der Waals surface area contributed by atoms with Crippen LogP contribution in [0.3, 0.4) is 0 Å². The van der Waals surface area contributed by atoms with Crippen molar-refractivity contribution in [3.63, 3.8) is 0 Å². The second-order valence-electron chi connectivity index (χ2n) is 8.48. The summed E-state index contributed by atoms with van der Waals surface area (Å²) in [4.78, 5) is 11.7. The number of carboxylic acid groups (broad SMARTS) is 1. The van der Waals surface area contributed by atoms with Gasteiger partial charge in [0.05, 0.1) is 0 Å². The minimum atomic E-state index is -4.48. The number of nitrogens with zero attached hydrogens (tertiary/aromatic N) is 1. The second kappa shape index (κ2) is 10.2. The van der Waals surface area contributed by atoms with E-state index in [1.54, 1.807) is 53.4 Å². The molecule has 182 valence electrons. The predicted octanol–water partition coefficient (Wildman–Crippen LogP) is 7.09. The number of alkyl halides is 3. The minimum Gasteiger partial charge on any atom is -0.492 e. The lowest BCUT2D eigenvalue weighted by Gasteiger charge is -2.34. The number of hydrogen-bond donors (Lipinski definition) is 1. The summed E-state index contributed by atoms with van der Waals surface area (Å²) < 4.78 is 50.1. The summed E-state index contributed by atoms with van der Waals surface area (Å²) in [7, 11) is 0. The van der Waals surface area contributed by atoms with Crippen molar-refractivity contribution in [3.8, 4) is 5.75 Å². The molecule has 0 aliphatic heterocycles. The van der Waals surface area contributed by atoms with E-state index in [4.69, 9.17) is 4.74 Å². The number of hydrogen-bond acceptors (Lipinski definition) is 2. The molecule has 1 aliphatic carbocycles. The Kier molecular flexibility index (Phi) is 7.21. The zero-order valence-corrected chi connectivity index (χ0v) is 20.2. The van der Waals surface area contributed by atoms with Crippen LogP contribution < -0.4 is 4.74 Å². The average Bonchev–Trinajstić information content (AvgIpc) is 3.27. The first kappa shape index (κ1) is 24.9. The molecule has 0 spiro atoms. The maximum Gasteiger partial charge on any atom is 0.401 e. The highest BCUT2D eigenvalue weighted by Gasteiger charge is 2.53. The number of benzene rings is 2. The molecular weight excluding hydrogens is 523 g/mol.